The highest BCUT2D eigenvalue weighted by Gasteiger charge is 2.18. The molecule has 0 saturated heterocycles. The third-order valence-corrected chi connectivity index (χ3v) is 3.18. The lowest BCUT2D eigenvalue weighted by Gasteiger charge is -2.08. The Balaban J connectivity index is 1.99. The first-order valence-corrected chi connectivity index (χ1v) is 5.91. The molecule has 1 unspecified atom stereocenters. The predicted octanol–water partition coefficient (Wildman–Crippen LogP) is 1.49. The molecule has 1 heterocycles. The van der Waals surface area contributed by atoms with Gasteiger partial charge in [0, 0.05) is 6.20 Å². The zero-order chi connectivity index (χ0) is 11.5. The van der Waals surface area contributed by atoms with E-state index in [4.69, 9.17) is 5.11 Å². The molecule has 1 atom stereocenters. The number of aromatic nitrogens is 2. The lowest BCUT2D eigenvalue weighted by atomic mass is 10.1. The SMILES string of the molecule is CC(O)C(=O)Cc1ccn(C2CCCC2)n1. The summed E-state index contributed by atoms with van der Waals surface area (Å²) in [6, 6.07) is 2.38. The molecule has 0 aromatic carbocycles. The van der Waals surface area contributed by atoms with Crippen LogP contribution in [0.15, 0.2) is 12.3 Å². The summed E-state index contributed by atoms with van der Waals surface area (Å²) in [6.07, 6.45) is 6.20. The van der Waals surface area contributed by atoms with Gasteiger partial charge < -0.3 is 5.11 Å². The molecule has 4 heteroatoms. The fourth-order valence-corrected chi connectivity index (χ4v) is 2.17. The van der Waals surface area contributed by atoms with E-state index in [0.717, 1.165) is 5.69 Å². The Morgan fingerprint density at radius 1 is 1.62 bits per heavy atom. The van der Waals surface area contributed by atoms with Crippen LogP contribution in [0.3, 0.4) is 0 Å². The Morgan fingerprint density at radius 3 is 2.94 bits per heavy atom. The summed E-state index contributed by atoms with van der Waals surface area (Å²) in [4.78, 5) is 11.3. The molecule has 0 bridgehead atoms. The number of carbonyl (C=O) groups is 1. The molecule has 0 amide bonds. The van der Waals surface area contributed by atoms with Gasteiger partial charge in [-0.05, 0) is 25.8 Å². The number of ketones is 1. The minimum Gasteiger partial charge on any atom is -0.386 e. The van der Waals surface area contributed by atoms with E-state index in [9.17, 15) is 4.79 Å². The van der Waals surface area contributed by atoms with Crippen molar-refractivity contribution in [1.82, 2.24) is 9.78 Å². The number of aliphatic hydroxyl groups is 1. The predicted molar refractivity (Wildman–Crippen MR) is 60.1 cm³/mol. The third kappa shape index (κ3) is 2.50. The molecule has 0 aliphatic heterocycles. The van der Waals surface area contributed by atoms with Gasteiger partial charge in [-0.15, -0.1) is 0 Å². The topological polar surface area (TPSA) is 55.1 Å². The minimum absolute atomic E-state index is 0.170. The number of aliphatic hydroxyl groups excluding tert-OH is 1. The Bertz CT molecular complexity index is 365. The monoisotopic (exact) mass is 222 g/mol. The molecule has 1 aromatic rings. The maximum Gasteiger partial charge on any atom is 0.166 e. The first-order valence-electron chi connectivity index (χ1n) is 5.91. The second kappa shape index (κ2) is 4.78. The Kier molecular flexibility index (Phi) is 3.39. The molecular weight excluding hydrogens is 204 g/mol. The Labute approximate surface area is 95.3 Å². The van der Waals surface area contributed by atoms with Crippen LogP contribution in [-0.2, 0) is 11.2 Å². The highest BCUT2D eigenvalue weighted by atomic mass is 16.3. The van der Waals surface area contributed by atoms with Gasteiger partial charge in [0.25, 0.3) is 0 Å². The molecule has 1 saturated carbocycles. The summed E-state index contributed by atoms with van der Waals surface area (Å²) in [5.41, 5.74) is 0.762. The van der Waals surface area contributed by atoms with E-state index in [1.165, 1.54) is 32.6 Å². The van der Waals surface area contributed by atoms with Crippen molar-refractivity contribution in [1.29, 1.82) is 0 Å². The highest BCUT2D eigenvalue weighted by molar-refractivity contribution is 5.84. The van der Waals surface area contributed by atoms with Crippen LogP contribution in [0.4, 0.5) is 0 Å². The first kappa shape index (κ1) is 11.3. The van der Waals surface area contributed by atoms with Crippen molar-refractivity contribution in [3.8, 4) is 0 Å². The van der Waals surface area contributed by atoms with Crippen LogP contribution in [-0.4, -0.2) is 26.8 Å². The van der Waals surface area contributed by atoms with Gasteiger partial charge in [0.1, 0.15) is 6.10 Å². The quantitative estimate of drug-likeness (QED) is 0.839. The Hall–Kier alpha value is -1.16. The average Bonchev–Trinajstić information content (AvgIpc) is 2.85. The summed E-state index contributed by atoms with van der Waals surface area (Å²) < 4.78 is 1.97. The maximum atomic E-state index is 11.3. The molecule has 0 radical (unpaired) electrons. The number of hydrogen-bond acceptors (Lipinski definition) is 3. The summed E-state index contributed by atoms with van der Waals surface area (Å²) in [5, 5.41) is 13.5. The van der Waals surface area contributed by atoms with Crippen LogP contribution in [0, 0.1) is 0 Å². The zero-order valence-corrected chi connectivity index (χ0v) is 9.59. The van der Waals surface area contributed by atoms with Crippen molar-refractivity contribution in [2.24, 2.45) is 0 Å². The third-order valence-electron chi connectivity index (χ3n) is 3.18. The molecule has 16 heavy (non-hydrogen) atoms. The smallest absolute Gasteiger partial charge is 0.166 e. The molecule has 0 spiro atoms. The highest BCUT2D eigenvalue weighted by Crippen LogP contribution is 2.28. The van der Waals surface area contributed by atoms with E-state index in [1.807, 2.05) is 16.9 Å². The van der Waals surface area contributed by atoms with Gasteiger partial charge >= 0.3 is 0 Å². The van der Waals surface area contributed by atoms with Gasteiger partial charge in [-0.2, -0.15) is 5.10 Å². The van der Waals surface area contributed by atoms with Gasteiger partial charge in [0.2, 0.25) is 0 Å². The van der Waals surface area contributed by atoms with Crippen LogP contribution in [0.2, 0.25) is 0 Å². The van der Waals surface area contributed by atoms with Gasteiger partial charge in [-0.25, -0.2) is 0 Å². The number of rotatable bonds is 4. The summed E-state index contributed by atoms with van der Waals surface area (Å²) in [6.45, 7) is 1.50. The van der Waals surface area contributed by atoms with E-state index in [2.05, 4.69) is 5.10 Å². The average molecular weight is 222 g/mol. The molecule has 4 nitrogen and oxygen atoms in total. The van der Waals surface area contributed by atoms with Gasteiger partial charge in [0.15, 0.2) is 5.78 Å². The van der Waals surface area contributed by atoms with Gasteiger partial charge in [0.05, 0.1) is 18.2 Å². The standard InChI is InChI=1S/C12H18N2O2/c1-9(15)12(16)8-10-6-7-14(13-10)11-4-2-3-5-11/h6-7,9,11,15H,2-5,8H2,1H3. The van der Waals surface area contributed by atoms with Gasteiger partial charge in [-0.1, -0.05) is 12.8 Å². The zero-order valence-electron chi connectivity index (χ0n) is 9.59. The van der Waals surface area contributed by atoms with Crippen molar-refractivity contribution in [3.05, 3.63) is 18.0 Å². The molecule has 1 aromatic heterocycles. The number of hydrogen-bond donors (Lipinski definition) is 1. The van der Waals surface area contributed by atoms with Crippen LogP contribution in [0.25, 0.3) is 0 Å². The van der Waals surface area contributed by atoms with Crippen molar-refractivity contribution >= 4 is 5.78 Å². The van der Waals surface area contributed by atoms with Crippen LogP contribution < -0.4 is 0 Å². The number of Topliss-reactive ketones (excluding diaryl/α,β-unsaturated/α-hetero) is 1. The van der Waals surface area contributed by atoms with Crippen molar-refractivity contribution in [2.75, 3.05) is 0 Å². The largest absolute Gasteiger partial charge is 0.386 e. The summed E-state index contributed by atoms with van der Waals surface area (Å²) in [5.74, 6) is -0.170. The summed E-state index contributed by atoms with van der Waals surface area (Å²) in [7, 11) is 0. The van der Waals surface area contributed by atoms with Crippen molar-refractivity contribution in [3.63, 3.8) is 0 Å². The fourth-order valence-electron chi connectivity index (χ4n) is 2.17. The first-order chi connectivity index (χ1) is 7.66. The van der Waals surface area contributed by atoms with E-state index in [-0.39, 0.29) is 12.2 Å². The number of nitrogens with zero attached hydrogens (tertiary/aromatic N) is 2. The molecule has 1 N–H and O–H groups in total. The van der Waals surface area contributed by atoms with Gasteiger partial charge in [-0.3, -0.25) is 9.48 Å². The van der Waals surface area contributed by atoms with Crippen LogP contribution in [0.1, 0.15) is 44.3 Å². The Morgan fingerprint density at radius 2 is 2.31 bits per heavy atom. The van der Waals surface area contributed by atoms with Crippen molar-refractivity contribution < 1.29 is 9.90 Å². The lowest BCUT2D eigenvalue weighted by Crippen LogP contribution is -2.18. The molecule has 1 fully saturated rings. The number of carbonyl (C=O) groups excluding carboxylic acids is 1. The lowest BCUT2D eigenvalue weighted by molar-refractivity contribution is -0.125. The van der Waals surface area contributed by atoms with Crippen LogP contribution in [0.5, 0.6) is 0 Å². The maximum absolute atomic E-state index is 11.3. The molecule has 2 rings (SSSR count). The summed E-state index contributed by atoms with van der Waals surface area (Å²) >= 11 is 0. The fraction of sp³-hybridized carbons (Fsp3) is 0.667. The van der Waals surface area contributed by atoms with E-state index in [1.54, 1.807) is 0 Å². The van der Waals surface area contributed by atoms with Crippen molar-refractivity contribution in [2.45, 2.75) is 51.2 Å². The second-order valence-corrected chi connectivity index (χ2v) is 4.54. The second-order valence-electron chi connectivity index (χ2n) is 4.54. The molecular formula is C12H18N2O2. The molecule has 88 valence electrons. The van der Waals surface area contributed by atoms with Crippen LogP contribution >= 0.6 is 0 Å². The molecule has 1 aliphatic carbocycles. The van der Waals surface area contributed by atoms with E-state index < -0.39 is 6.10 Å². The van der Waals surface area contributed by atoms with E-state index in [0.29, 0.717) is 6.04 Å². The minimum atomic E-state index is -0.892. The normalized spacial score (nSPS) is 18.9. The molecule has 1 aliphatic rings. The van der Waals surface area contributed by atoms with E-state index >= 15 is 0 Å².